The van der Waals surface area contributed by atoms with Gasteiger partial charge in [-0.05, 0) is 163 Å². The molecule has 0 heterocycles. The van der Waals surface area contributed by atoms with Crippen molar-refractivity contribution < 1.29 is 0 Å². The van der Waals surface area contributed by atoms with E-state index in [2.05, 4.69) is 152 Å². The zero-order valence-corrected chi connectivity index (χ0v) is 27.4. The van der Waals surface area contributed by atoms with E-state index in [0.29, 0.717) is 11.8 Å². The van der Waals surface area contributed by atoms with Crippen molar-refractivity contribution >= 4 is 21.5 Å². The second kappa shape index (κ2) is 10.6. The fourth-order valence-corrected chi connectivity index (χ4v) is 7.23. The Kier molecular flexibility index (Phi) is 6.85. The normalized spacial score (nSPS) is 12.0. The van der Waals surface area contributed by atoms with E-state index in [0.717, 1.165) is 0 Å². The second-order valence-electron chi connectivity index (χ2n) is 13.6. The minimum atomic E-state index is 0.490. The van der Waals surface area contributed by atoms with E-state index in [-0.39, 0.29) is 0 Å². The van der Waals surface area contributed by atoms with E-state index >= 15 is 0 Å². The van der Waals surface area contributed by atoms with Crippen LogP contribution in [0.15, 0.2) is 97.1 Å². The number of hydrogen-bond acceptors (Lipinski definition) is 0. The molecule has 0 spiro atoms. The highest BCUT2D eigenvalue weighted by Gasteiger charge is 2.20. The van der Waals surface area contributed by atoms with Crippen LogP contribution < -0.4 is 0 Å². The van der Waals surface area contributed by atoms with Gasteiger partial charge in [0.05, 0.1) is 0 Å². The molecule has 0 saturated heterocycles. The molecule has 7 rings (SSSR count). The van der Waals surface area contributed by atoms with Gasteiger partial charge in [0.1, 0.15) is 0 Å². The van der Waals surface area contributed by atoms with Crippen molar-refractivity contribution in [3.05, 3.63) is 130 Å². The van der Waals surface area contributed by atoms with E-state index in [1.54, 1.807) is 0 Å². The largest absolute Gasteiger partial charge is 0.0610 e. The van der Waals surface area contributed by atoms with Gasteiger partial charge >= 0.3 is 0 Å². The smallest absolute Gasteiger partial charge is 0.00987 e. The van der Waals surface area contributed by atoms with Crippen molar-refractivity contribution in [2.24, 2.45) is 0 Å². The number of hydrogen-bond donors (Lipinski definition) is 0. The summed E-state index contributed by atoms with van der Waals surface area (Å²) in [5.41, 5.74) is 18.9. The molecular formula is C44H42. The lowest BCUT2D eigenvalue weighted by Gasteiger charge is -2.12. The number of benzene rings is 3. The molecule has 0 heteroatoms. The number of aryl methyl sites for hydroxylation is 2. The van der Waals surface area contributed by atoms with Crippen LogP contribution >= 0.6 is 0 Å². The van der Waals surface area contributed by atoms with Gasteiger partial charge in [-0.2, -0.15) is 0 Å². The van der Waals surface area contributed by atoms with Gasteiger partial charge in [0.25, 0.3) is 0 Å². The molecule has 3 aromatic rings. The molecule has 0 fully saturated rings. The quantitative estimate of drug-likeness (QED) is 0.185. The van der Waals surface area contributed by atoms with Gasteiger partial charge in [-0.25, -0.2) is 0 Å². The Morgan fingerprint density at radius 3 is 1.18 bits per heavy atom. The average Bonchev–Trinajstić information content (AvgIpc) is 3.36. The van der Waals surface area contributed by atoms with Crippen molar-refractivity contribution in [3.63, 3.8) is 0 Å². The molecule has 0 amide bonds. The van der Waals surface area contributed by atoms with Crippen molar-refractivity contribution in [1.82, 2.24) is 0 Å². The SMILES string of the molecule is Cc1ccc(C(C)C)cc2c(C)c(-c3cccc4cc5cccc(-c6cc7c(C)ccc(C(C)C)cc-7c6C)c5cc34)cc1-2. The standard InChI is InChI=1S/C44H42/c1-25(2)31-17-15-27(5)37-22-41(29(7)39(37)20-31)35-13-9-11-33-19-34-12-10-14-36(44(34)24-43(33)35)42-23-38-28(6)16-18-32(26(3)4)21-40(38)30(42)8/h9-26H,1-8H3. The topological polar surface area (TPSA) is 0 Å². The van der Waals surface area contributed by atoms with E-state index in [9.17, 15) is 0 Å². The van der Waals surface area contributed by atoms with Crippen LogP contribution in [0.2, 0.25) is 0 Å². The van der Waals surface area contributed by atoms with Crippen molar-refractivity contribution in [1.29, 1.82) is 0 Å². The van der Waals surface area contributed by atoms with Crippen molar-refractivity contribution in [3.8, 4) is 44.5 Å². The summed E-state index contributed by atoms with van der Waals surface area (Å²) in [4.78, 5) is 0. The second-order valence-corrected chi connectivity index (χ2v) is 13.6. The van der Waals surface area contributed by atoms with Crippen LogP contribution in [0, 0.1) is 27.7 Å². The summed E-state index contributed by atoms with van der Waals surface area (Å²) in [6.07, 6.45) is 0. The maximum absolute atomic E-state index is 2.46. The summed E-state index contributed by atoms with van der Waals surface area (Å²) in [6, 6.07) is 37.3. The molecule has 0 aliphatic heterocycles. The van der Waals surface area contributed by atoms with Gasteiger partial charge < -0.3 is 0 Å². The first kappa shape index (κ1) is 28.4. The summed E-state index contributed by atoms with van der Waals surface area (Å²) in [5.74, 6) is 0.981. The van der Waals surface area contributed by atoms with Crippen LogP contribution in [-0.2, 0) is 0 Å². The molecule has 0 saturated carbocycles. The molecule has 44 heavy (non-hydrogen) atoms. The fraction of sp³-hybridized carbons (Fsp3) is 0.227. The minimum Gasteiger partial charge on any atom is -0.0610 e. The van der Waals surface area contributed by atoms with Crippen LogP contribution in [0.4, 0.5) is 0 Å². The Bertz CT molecular complexity index is 2000. The summed E-state index contributed by atoms with van der Waals surface area (Å²) in [7, 11) is 0. The number of fused-ring (bicyclic) bond motifs is 4. The molecule has 4 aliphatic carbocycles. The van der Waals surface area contributed by atoms with E-state index in [4.69, 9.17) is 0 Å². The van der Waals surface area contributed by atoms with E-state index in [1.807, 2.05) is 0 Å². The first-order chi connectivity index (χ1) is 21.1. The lowest BCUT2D eigenvalue weighted by Crippen LogP contribution is -1.87. The zero-order chi connectivity index (χ0) is 30.9. The molecule has 0 nitrogen and oxygen atoms in total. The highest BCUT2D eigenvalue weighted by molar-refractivity contribution is 6.11. The first-order valence-corrected chi connectivity index (χ1v) is 16.2. The molecular weight excluding hydrogens is 528 g/mol. The van der Waals surface area contributed by atoms with E-state index in [1.165, 1.54) is 99.4 Å². The maximum Gasteiger partial charge on any atom is -0.00987 e. The summed E-state index contributed by atoms with van der Waals surface area (Å²) in [5, 5.41) is 5.21. The minimum absolute atomic E-state index is 0.490. The van der Waals surface area contributed by atoms with Crippen LogP contribution in [0.25, 0.3) is 66.1 Å². The molecule has 218 valence electrons. The van der Waals surface area contributed by atoms with Gasteiger partial charge in [-0.15, -0.1) is 0 Å². The van der Waals surface area contributed by atoms with Gasteiger partial charge in [0.15, 0.2) is 0 Å². The van der Waals surface area contributed by atoms with Crippen LogP contribution in [0.5, 0.6) is 0 Å². The zero-order valence-electron chi connectivity index (χ0n) is 27.4. The van der Waals surface area contributed by atoms with Crippen LogP contribution in [0.3, 0.4) is 0 Å². The average molecular weight is 571 g/mol. The first-order valence-electron chi connectivity index (χ1n) is 16.2. The summed E-state index contributed by atoms with van der Waals surface area (Å²) < 4.78 is 0. The Hall–Kier alpha value is -4.42. The van der Waals surface area contributed by atoms with Crippen LogP contribution in [-0.4, -0.2) is 0 Å². The third kappa shape index (κ3) is 4.51. The lowest BCUT2D eigenvalue weighted by atomic mass is 9.91. The lowest BCUT2D eigenvalue weighted by molar-refractivity contribution is 0.868. The highest BCUT2D eigenvalue weighted by atomic mass is 14.2. The predicted molar refractivity (Wildman–Crippen MR) is 193 cm³/mol. The fourth-order valence-electron chi connectivity index (χ4n) is 7.23. The Balaban J connectivity index is 1.49. The van der Waals surface area contributed by atoms with Gasteiger partial charge in [0, 0.05) is 0 Å². The molecule has 4 aliphatic rings. The Labute approximate surface area is 263 Å². The molecule has 3 aromatic carbocycles. The maximum atomic E-state index is 2.46. The molecule has 0 atom stereocenters. The number of rotatable bonds is 4. The summed E-state index contributed by atoms with van der Waals surface area (Å²) >= 11 is 0. The van der Waals surface area contributed by atoms with Crippen molar-refractivity contribution in [2.45, 2.75) is 67.2 Å². The van der Waals surface area contributed by atoms with Crippen LogP contribution in [0.1, 0.15) is 72.9 Å². The predicted octanol–water partition coefficient (Wildman–Crippen LogP) is 13.0. The molecule has 0 aromatic heterocycles. The molecule has 0 N–H and O–H groups in total. The van der Waals surface area contributed by atoms with Gasteiger partial charge in [-0.3, -0.25) is 0 Å². The summed E-state index contributed by atoms with van der Waals surface area (Å²) in [6.45, 7) is 18.2. The Morgan fingerprint density at radius 1 is 0.364 bits per heavy atom. The monoisotopic (exact) mass is 570 g/mol. The van der Waals surface area contributed by atoms with E-state index < -0.39 is 0 Å². The third-order valence-electron chi connectivity index (χ3n) is 10.1. The van der Waals surface area contributed by atoms with Gasteiger partial charge in [0.2, 0.25) is 0 Å². The van der Waals surface area contributed by atoms with Gasteiger partial charge in [-0.1, -0.05) is 100 Å². The Morgan fingerprint density at radius 2 is 0.773 bits per heavy atom. The highest BCUT2D eigenvalue weighted by Crippen LogP contribution is 2.45. The third-order valence-corrected chi connectivity index (χ3v) is 10.1. The molecule has 0 bridgehead atoms. The molecule has 0 unspecified atom stereocenters. The van der Waals surface area contributed by atoms with Crippen molar-refractivity contribution in [2.75, 3.05) is 0 Å². The molecule has 0 radical (unpaired) electrons.